The number of benzene rings is 1. The van der Waals surface area contributed by atoms with Crippen molar-refractivity contribution in [3.8, 4) is 11.3 Å². The fraction of sp³-hybridized carbons (Fsp3) is 0.444. The molecule has 5 nitrogen and oxygen atoms in total. The van der Waals surface area contributed by atoms with Gasteiger partial charge in [-0.15, -0.1) is 0 Å². The highest BCUT2D eigenvalue weighted by Gasteiger charge is 2.29. The summed E-state index contributed by atoms with van der Waals surface area (Å²) in [5.41, 5.74) is 1.99. The van der Waals surface area contributed by atoms with Crippen molar-refractivity contribution in [1.29, 1.82) is 0 Å². The predicted octanol–water partition coefficient (Wildman–Crippen LogP) is 4.22. The number of rotatable bonds is 5. The van der Waals surface area contributed by atoms with Crippen LogP contribution in [-0.4, -0.2) is 27.1 Å². The number of ether oxygens (including phenoxy) is 1. The molecule has 6 heteroatoms. The summed E-state index contributed by atoms with van der Waals surface area (Å²) in [5.74, 6) is -0.0967. The summed E-state index contributed by atoms with van der Waals surface area (Å²) in [5, 5.41) is 0. The van der Waals surface area contributed by atoms with E-state index in [1.54, 1.807) is 0 Å². The summed E-state index contributed by atoms with van der Waals surface area (Å²) >= 11 is 0. The van der Waals surface area contributed by atoms with Gasteiger partial charge in [-0.05, 0) is 30.1 Å². The van der Waals surface area contributed by atoms with Crippen molar-refractivity contribution in [2.75, 3.05) is 7.11 Å². The molecule has 0 aliphatic carbocycles. The molecule has 0 amide bonds. The summed E-state index contributed by atoms with van der Waals surface area (Å²) in [4.78, 5) is 15.8. The first-order chi connectivity index (χ1) is 11.2. The Labute approximate surface area is 144 Å². The lowest BCUT2D eigenvalue weighted by atomic mass is 9.84. The lowest BCUT2D eigenvalue weighted by Gasteiger charge is -2.33. The first kappa shape index (κ1) is 18.4. The molecule has 1 aromatic carbocycles. The third kappa shape index (κ3) is 4.13. The van der Waals surface area contributed by atoms with E-state index in [-0.39, 0.29) is 17.2 Å². The summed E-state index contributed by atoms with van der Waals surface area (Å²) in [6.45, 7) is 10.8. The zero-order chi connectivity index (χ0) is 17.9. The van der Waals surface area contributed by atoms with E-state index in [1.165, 1.54) is 13.5 Å². The zero-order valence-corrected chi connectivity index (χ0v) is 16.3. The normalized spacial score (nSPS) is 13.1. The van der Waals surface area contributed by atoms with Crippen molar-refractivity contribution in [1.82, 2.24) is 4.98 Å². The standard InChI is InChI=1S/C18H25NO4Si/c1-18(2,3)16(23-24(5)6)13-9-7-8-12(10-13)15-14(17(20)21-4)19-11-22-15/h7-11,16,24H,1-6H3. The van der Waals surface area contributed by atoms with E-state index in [2.05, 4.69) is 38.8 Å². The van der Waals surface area contributed by atoms with Crippen molar-refractivity contribution in [3.05, 3.63) is 41.9 Å². The van der Waals surface area contributed by atoms with Gasteiger partial charge in [0.15, 0.2) is 26.9 Å². The predicted molar refractivity (Wildman–Crippen MR) is 95.4 cm³/mol. The highest BCUT2D eigenvalue weighted by atomic mass is 28.3. The van der Waals surface area contributed by atoms with Gasteiger partial charge < -0.3 is 13.6 Å². The number of hydrogen-bond acceptors (Lipinski definition) is 5. The molecule has 1 heterocycles. The largest absolute Gasteiger partial charge is 0.464 e. The first-order valence-corrected chi connectivity index (χ1v) is 10.8. The summed E-state index contributed by atoms with van der Waals surface area (Å²) in [6, 6.07) is 7.88. The number of methoxy groups -OCH3 is 1. The van der Waals surface area contributed by atoms with Crippen molar-refractivity contribution < 1.29 is 18.4 Å². The van der Waals surface area contributed by atoms with Crippen LogP contribution >= 0.6 is 0 Å². The smallest absolute Gasteiger partial charge is 0.360 e. The van der Waals surface area contributed by atoms with Crippen LogP contribution < -0.4 is 0 Å². The molecule has 0 fully saturated rings. The highest BCUT2D eigenvalue weighted by molar-refractivity contribution is 6.48. The number of carbonyl (C=O) groups excluding carboxylic acids is 1. The van der Waals surface area contributed by atoms with Crippen LogP contribution in [-0.2, 0) is 9.16 Å². The maximum atomic E-state index is 11.8. The Morgan fingerprint density at radius 1 is 1.29 bits per heavy atom. The molecule has 0 saturated heterocycles. The maximum absolute atomic E-state index is 11.8. The number of hydrogen-bond donors (Lipinski definition) is 0. The highest BCUT2D eigenvalue weighted by Crippen LogP contribution is 2.38. The third-order valence-corrected chi connectivity index (χ3v) is 4.41. The van der Waals surface area contributed by atoms with Crippen LogP contribution in [0.5, 0.6) is 0 Å². The molecule has 0 spiro atoms. The van der Waals surface area contributed by atoms with Gasteiger partial charge in [0.25, 0.3) is 0 Å². The minimum atomic E-state index is -1.22. The molecule has 0 N–H and O–H groups in total. The quantitative estimate of drug-likeness (QED) is 0.599. The van der Waals surface area contributed by atoms with E-state index < -0.39 is 15.0 Å². The van der Waals surface area contributed by atoms with Crippen LogP contribution in [0.25, 0.3) is 11.3 Å². The minimum absolute atomic E-state index is 0.0198. The number of aromatic nitrogens is 1. The van der Waals surface area contributed by atoms with Crippen molar-refractivity contribution in [2.45, 2.75) is 40.0 Å². The van der Waals surface area contributed by atoms with Crippen LogP contribution in [0.2, 0.25) is 13.1 Å². The van der Waals surface area contributed by atoms with Crippen LogP contribution in [0.15, 0.2) is 35.1 Å². The number of oxazole rings is 1. The number of carbonyl (C=O) groups is 1. The second-order valence-corrected chi connectivity index (χ2v) is 9.45. The Balaban J connectivity index is 2.45. The SMILES string of the molecule is COC(=O)c1ncoc1-c1cccc(C(O[SiH](C)C)C(C)(C)C)c1. The van der Waals surface area contributed by atoms with E-state index in [0.29, 0.717) is 5.76 Å². The monoisotopic (exact) mass is 347 g/mol. The Morgan fingerprint density at radius 3 is 2.58 bits per heavy atom. The second kappa shape index (κ2) is 7.32. The average molecular weight is 347 g/mol. The molecule has 0 bridgehead atoms. The average Bonchev–Trinajstić information content (AvgIpc) is 3.00. The molecule has 2 aromatic rings. The molecule has 1 atom stereocenters. The fourth-order valence-electron chi connectivity index (χ4n) is 2.59. The van der Waals surface area contributed by atoms with Gasteiger partial charge in [0.2, 0.25) is 0 Å². The van der Waals surface area contributed by atoms with Crippen LogP contribution in [0.4, 0.5) is 0 Å². The van der Waals surface area contributed by atoms with Crippen molar-refractivity contribution in [2.24, 2.45) is 5.41 Å². The molecule has 0 aliphatic heterocycles. The molecule has 0 aliphatic rings. The van der Waals surface area contributed by atoms with Crippen molar-refractivity contribution in [3.63, 3.8) is 0 Å². The van der Waals surface area contributed by atoms with E-state index in [9.17, 15) is 4.79 Å². The molecular weight excluding hydrogens is 322 g/mol. The van der Waals surface area contributed by atoms with Gasteiger partial charge in [-0.25, -0.2) is 9.78 Å². The Bertz CT molecular complexity index is 703. The van der Waals surface area contributed by atoms with Gasteiger partial charge in [-0.3, -0.25) is 0 Å². The van der Waals surface area contributed by atoms with Gasteiger partial charge in [0.1, 0.15) is 0 Å². The first-order valence-electron chi connectivity index (χ1n) is 8.01. The Kier molecular flexibility index (Phi) is 5.61. The lowest BCUT2D eigenvalue weighted by molar-refractivity contribution is 0.0595. The third-order valence-electron chi connectivity index (χ3n) is 3.59. The molecule has 2 rings (SSSR count). The summed E-state index contributed by atoms with van der Waals surface area (Å²) in [7, 11) is 0.111. The van der Waals surface area contributed by atoms with Crippen LogP contribution in [0.3, 0.4) is 0 Å². The van der Waals surface area contributed by atoms with E-state index in [1.807, 2.05) is 24.3 Å². The zero-order valence-electron chi connectivity index (χ0n) is 15.1. The molecular formula is C18H25NO4Si. The van der Waals surface area contributed by atoms with Gasteiger partial charge in [0, 0.05) is 5.56 Å². The van der Waals surface area contributed by atoms with Gasteiger partial charge >= 0.3 is 5.97 Å². The van der Waals surface area contributed by atoms with Crippen LogP contribution in [0, 0.1) is 5.41 Å². The van der Waals surface area contributed by atoms with E-state index in [0.717, 1.165) is 11.1 Å². The molecule has 130 valence electrons. The fourth-order valence-corrected chi connectivity index (χ4v) is 3.70. The van der Waals surface area contributed by atoms with E-state index >= 15 is 0 Å². The molecule has 24 heavy (non-hydrogen) atoms. The molecule has 1 aromatic heterocycles. The summed E-state index contributed by atoms with van der Waals surface area (Å²) < 4.78 is 16.5. The summed E-state index contributed by atoms with van der Waals surface area (Å²) in [6.07, 6.45) is 1.24. The minimum Gasteiger partial charge on any atom is -0.464 e. The van der Waals surface area contributed by atoms with Gasteiger partial charge in [0.05, 0.1) is 13.2 Å². The topological polar surface area (TPSA) is 61.6 Å². The second-order valence-electron chi connectivity index (χ2n) is 7.08. The number of esters is 1. The Hall–Kier alpha value is -1.92. The van der Waals surface area contributed by atoms with E-state index in [4.69, 9.17) is 13.6 Å². The maximum Gasteiger partial charge on any atom is 0.360 e. The number of nitrogens with zero attached hydrogens (tertiary/aromatic N) is 1. The van der Waals surface area contributed by atoms with Gasteiger partial charge in [-0.2, -0.15) is 0 Å². The lowest BCUT2D eigenvalue weighted by Crippen LogP contribution is -2.25. The Morgan fingerprint density at radius 2 is 2.00 bits per heavy atom. The molecule has 1 unspecified atom stereocenters. The molecule has 0 saturated carbocycles. The van der Waals surface area contributed by atoms with Crippen molar-refractivity contribution >= 4 is 15.0 Å². The molecule has 0 radical (unpaired) electrons. The van der Waals surface area contributed by atoms with Crippen LogP contribution in [0.1, 0.15) is 42.9 Å². The van der Waals surface area contributed by atoms with Gasteiger partial charge in [-0.1, -0.05) is 39.0 Å².